The molecule has 6 aromatic carbocycles. The van der Waals surface area contributed by atoms with Gasteiger partial charge in [-0.3, -0.25) is 0 Å². The molecular formula is C39H24N4. The molecule has 0 amide bonds. The highest BCUT2D eigenvalue weighted by atomic mass is 15.0. The van der Waals surface area contributed by atoms with Gasteiger partial charge in [0.05, 0.1) is 16.6 Å². The first kappa shape index (κ1) is 23.8. The van der Waals surface area contributed by atoms with Crippen LogP contribution in [0.2, 0.25) is 0 Å². The molecule has 0 N–H and O–H groups in total. The molecule has 9 aromatic rings. The minimum Gasteiger partial charge on any atom is -0.308 e. The highest BCUT2D eigenvalue weighted by molar-refractivity contribution is 6.26. The number of rotatable bonds is 4. The van der Waals surface area contributed by atoms with Gasteiger partial charge < -0.3 is 4.40 Å². The van der Waals surface area contributed by atoms with Crippen molar-refractivity contribution >= 4 is 38.1 Å². The molecule has 200 valence electrons. The summed E-state index contributed by atoms with van der Waals surface area (Å²) < 4.78 is 2.39. The van der Waals surface area contributed by atoms with Crippen molar-refractivity contribution in [3.05, 3.63) is 146 Å². The third kappa shape index (κ3) is 3.67. The van der Waals surface area contributed by atoms with Crippen LogP contribution in [0, 0.1) is 0 Å². The Labute approximate surface area is 247 Å². The van der Waals surface area contributed by atoms with Crippen LogP contribution in [0.4, 0.5) is 0 Å². The fourth-order valence-electron chi connectivity index (χ4n) is 6.46. The summed E-state index contributed by atoms with van der Waals surface area (Å²) in [6.45, 7) is 0. The molecule has 0 saturated carbocycles. The Bertz CT molecular complexity index is 2440. The van der Waals surface area contributed by atoms with Crippen molar-refractivity contribution in [3.63, 3.8) is 0 Å². The topological polar surface area (TPSA) is 43.1 Å². The molecule has 0 aliphatic heterocycles. The Morgan fingerprint density at radius 3 is 1.70 bits per heavy atom. The lowest BCUT2D eigenvalue weighted by Gasteiger charge is -2.11. The number of aromatic nitrogens is 4. The minimum atomic E-state index is 0.653. The number of para-hydroxylation sites is 2. The van der Waals surface area contributed by atoms with Crippen LogP contribution in [0.3, 0.4) is 0 Å². The summed E-state index contributed by atoms with van der Waals surface area (Å²) in [5, 5.41) is 4.84. The summed E-state index contributed by atoms with van der Waals surface area (Å²) in [5.41, 5.74) is 8.79. The molecule has 0 bridgehead atoms. The van der Waals surface area contributed by atoms with Crippen molar-refractivity contribution in [1.82, 2.24) is 19.4 Å². The van der Waals surface area contributed by atoms with E-state index in [-0.39, 0.29) is 0 Å². The summed E-state index contributed by atoms with van der Waals surface area (Å²) >= 11 is 0. The second-order valence-corrected chi connectivity index (χ2v) is 10.9. The monoisotopic (exact) mass is 548 g/mol. The molecule has 4 heteroatoms. The quantitative estimate of drug-likeness (QED) is 0.220. The van der Waals surface area contributed by atoms with E-state index in [0.29, 0.717) is 17.5 Å². The van der Waals surface area contributed by atoms with Crippen molar-refractivity contribution in [3.8, 4) is 45.3 Å². The van der Waals surface area contributed by atoms with Gasteiger partial charge >= 0.3 is 0 Å². The van der Waals surface area contributed by atoms with Crippen LogP contribution in [-0.2, 0) is 0 Å². The first-order chi connectivity index (χ1) is 21.3. The van der Waals surface area contributed by atoms with Gasteiger partial charge in [0, 0.05) is 38.2 Å². The van der Waals surface area contributed by atoms with Gasteiger partial charge in [-0.05, 0) is 35.4 Å². The molecule has 0 saturated heterocycles. The number of nitrogens with zero attached hydrogens (tertiary/aromatic N) is 4. The molecule has 3 aromatic heterocycles. The predicted molar refractivity (Wildman–Crippen MR) is 176 cm³/mol. The molecule has 3 heterocycles. The Morgan fingerprint density at radius 1 is 0.372 bits per heavy atom. The lowest BCUT2D eigenvalue weighted by atomic mass is 10.0. The third-order valence-corrected chi connectivity index (χ3v) is 8.39. The maximum atomic E-state index is 5.17. The van der Waals surface area contributed by atoms with Crippen LogP contribution in [0.1, 0.15) is 0 Å². The molecule has 0 spiro atoms. The van der Waals surface area contributed by atoms with Crippen molar-refractivity contribution < 1.29 is 0 Å². The number of hydrogen-bond acceptors (Lipinski definition) is 3. The van der Waals surface area contributed by atoms with E-state index in [9.17, 15) is 0 Å². The van der Waals surface area contributed by atoms with Gasteiger partial charge in [0.1, 0.15) is 0 Å². The van der Waals surface area contributed by atoms with Crippen LogP contribution in [0.15, 0.2) is 146 Å². The zero-order valence-electron chi connectivity index (χ0n) is 23.1. The maximum Gasteiger partial charge on any atom is 0.164 e. The van der Waals surface area contributed by atoms with Crippen LogP contribution in [-0.4, -0.2) is 19.4 Å². The van der Waals surface area contributed by atoms with Crippen LogP contribution in [0.25, 0.3) is 83.4 Å². The fourth-order valence-corrected chi connectivity index (χ4v) is 6.46. The first-order valence-corrected chi connectivity index (χ1v) is 14.5. The molecule has 0 atom stereocenters. The van der Waals surface area contributed by atoms with Gasteiger partial charge in [-0.15, -0.1) is 0 Å². The lowest BCUT2D eigenvalue weighted by Crippen LogP contribution is -2.00. The van der Waals surface area contributed by atoms with E-state index in [0.717, 1.165) is 27.8 Å². The molecule has 0 aliphatic carbocycles. The van der Waals surface area contributed by atoms with Gasteiger partial charge in [0.2, 0.25) is 0 Å². The molecule has 0 radical (unpaired) electrons. The smallest absolute Gasteiger partial charge is 0.164 e. The van der Waals surface area contributed by atoms with Gasteiger partial charge in [0.15, 0.2) is 17.5 Å². The van der Waals surface area contributed by atoms with E-state index in [2.05, 4.69) is 126 Å². The number of fused-ring (bicyclic) bond motifs is 6. The Hall–Kier alpha value is -5.87. The normalized spacial score (nSPS) is 11.7. The van der Waals surface area contributed by atoms with Gasteiger partial charge in [-0.25, -0.2) is 15.0 Å². The van der Waals surface area contributed by atoms with Gasteiger partial charge in [-0.1, -0.05) is 121 Å². The first-order valence-electron chi connectivity index (χ1n) is 14.5. The Kier molecular flexibility index (Phi) is 5.16. The summed E-state index contributed by atoms with van der Waals surface area (Å²) in [6.07, 6.45) is 0. The zero-order valence-corrected chi connectivity index (χ0v) is 23.1. The second kappa shape index (κ2) is 9.33. The number of hydrogen-bond donors (Lipinski definition) is 0. The molecule has 0 unspecified atom stereocenters. The van der Waals surface area contributed by atoms with E-state index in [1.807, 2.05) is 24.3 Å². The Balaban J connectivity index is 1.34. The Morgan fingerprint density at radius 2 is 0.930 bits per heavy atom. The van der Waals surface area contributed by atoms with Crippen LogP contribution >= 0.6 is 0 Å². The second-order valence-electron chi connectivity index (χ2n) is 10.9. The van der Waals surface area contributed by atoms with E-state index in [4.69, 9.17) is 15.0 Å². The molecule has 43 heavy (non-hydrogen) atoms. The van der Waals surface area contributed by atoms with Crippen LogP contribution < -0.4 is 0 Å². The van der Waals surface area contributed by atoms with Crippen molar-refractivity contribution in [2.45, 2.75) is 0 Å². The van der Waals surface area contributed by atoms with Gasteiger partial charge in [0.25, 0.3) is 0 Å². The highest BCUT2D eigenvalue weighted by Gasteiger charge is 2.22. The van der Waals surface area contributed by atoms with E-state index in [1.165, 1.54) is 38.1 Å². The predicted octanol–water partition coefficient (Wildman–Crippen LogP) is 9.69. The largest absolute Gasteiger partial charge is 0.308 e. The molecule has 4 nitrogen and oxygen atoms in total. The summed E-state index contributed by atoms with van der Waals surface area (Å²) in [4.78, 5) is 15.3. The average Bonchev–Trinajstić information content (AvgIpc) is 3.61. The highest BCUT2D eigenvalue weighted by Crippen LogP contribution is 2.43. The summed E-state index contributed by atoms with van der Waals surface area (Å²) in [7, 11) is 0. The summed E-state index contributed by atoms with van der Waals surface area (Å²) in [5.74, 6) is 1.98. The van der Waals surface area contributed by atoms with E-state index in [1.54, 1.807) is 0 Å². The summed E-state index contributed by atoms with van der Waals surface area (Å²) in [6, 6.07) is 50.7. The average molecular weight is 549 g/mol. The molecule has 9 rings (SSSR count). The van der Waals surface area contributed by atoms with Gasteiger partial charge in [-0.2, -0.15) is 0 Å². The maximum absolute atomic E-state index is 5.17. The minimum absolute atomic E-state index is 0.653. The molecule has 0 fully saturated rings. The SMILES string of the molecule is c1ccc(-c2cccc(-c3nc(-c4ccccc4)nc(-c4ccc5c6ccccc6n6c7ccccc7c4c56)n3)c2)cc1. The molecular weight excluding hydrogens is 524 g/mol. The number of benzene rings is 6. The third-order valence-electron chi connectivity index (χ3n) is 8.39. The van der Waals surface area contributed by atoms with Crippen LogP contribution in [0.5, 0.6) is 0 Å². The zero-order chi connectivity index (χ0) is 28.3. The van der Waals surface area contributed by atoms with Crippen molar-refractivity contribution in [2.24, 2.45) is 0 Å². The van der Waals surface area contributed by atoms with Crippen molar-refractivity contribution in [1.29, 1.82) is 0 Å². The standard InChI is InChI=1S/C39H24N4/c1-3-12-25(13-4-1)27-16-11-17-28(24-27)38-40-37(26-14-5-2-6-15-26)41-39(42-38)32-23-22-30-29-18-7-9-20-33(29)43-34-21-10-8-19-31(34)35(32)36(30)43/h1-24H. The van der Waals surface area contributed by atoms with Crippen molar-refractivity contribution in [2.75, 3.05) is 0 Å². The van der Waals surface area contributed by atoms with E-state index >= 15 is 0 Å². The van der Waals surface area contributed by atoms with E-state index < -0.39 is 0 Å². The molecule has 0 aliphatic rings. The lowest BCUT2D eigenvalue weighted by molar-refractivity contribution is 1.08. The fraction of sp³-hybridized carbons (Fsp3) is 0.